The van der Waals surface area contributed by atoms with Gasteiger partial charge in [-0.05, 0) is 0 Å². The molecule has 1 atom stereocenters. The molecule has 2 heterocycles. The van der Waals surface area contributed by atoms with Crippen LogP contribution in [-0.2, 0) is 4.74 Å². The highest BCUT2D eigenvalue weighted by molar-refractivity contribution is 7.09. The Balaban J connectivity index is 2.11. The first-order valence-corrected chi connectivity index (χ1v) is 5.00. The fourth-order valence-corrected chi connectivity index (χ4v) is 2.02. The van der Waals surface area contributed by atoms with E-state index in [-0.39, 0.29) is 6.04 Å². The van der Waals surface area contributed by atoms with Crippen molar-refractivity contribution in [1.29, 1.82) is 0 Å². The molecule has 2 N–H and O–H groups in total. The Bertz CT molecular complexity index is 253. The number of morpholine rings is 1. The largest absolute Gasteiger partial charge is 0.377 e. The van der Waals surface area contributed by atoms with Crippen LogP contribution in [0.4, 0.5) is 5.13 Å². The Labute approximate surface area is 80.7 Å². The van der Waals surface area contributed by atoms with E-state index < -0.39 is 0 Å². The molecule has 1 aromatic rings. The van der Waals surface area contributed by atoms with Gasteiger partial charge in [-0.3, -0.25) is 0 Å². The van der Waals surface area contributed by atoms with Crippen LogP contribution in [0.15, 0.2) is 6.33 Å². The van der Waals surface area contributed by atoms with Crippen molar-refractivity contribution in [1.82, 2.24) is 9.36 Å². The summed E-state index contributed by atoms with van der Waals surface area (Å²) in [6.07, 6.45) is 1.57. The minimum Gasteiger partial charge on any atom is -0.377 e. The topological polar surface area (TPSA) is 64.3 Å². The summed E-state index contributed by atoms with van der Waals surface area (Å²) in [7, 11) is 0. The monoisotopic (exact) mass is 200 g/mol. The quantitative estimate of drug-likeness (QED) is 0.710. The van der Waals surface area contributed by atoms with Crippen molar-refractivity contribution in [2.45, 2.75) is 6.04 Å². The number of nitrogens with zero attached hydrogens (tertiary/aromatic N) is 3. The van der Waals surface area contributed by atoms with E-state index in [4.69, 9.17) is 10.5 Å². The van der Waals surface area contributed by atoms with Gasteiger partial charge >= 0.3 is 0 Å². The molecule has 0 amide bonds. The zero-order chi connectivity index (χ0) is 9.10. The van der Waals surface area contributed by atoms with Crippen molar-refractivity contribution >= 4 is 16.7 Å². The molecule has 1 aliphatic heterocycles. The molecule has 0 radical (unpaired) electrons. The predicted molar refractivity (Wildman–Crippen MR) is 50.9 cm³/mol. The lowest BCUT2D eigenvalue weighted by molar-refractivity contribution is 0.0962. The van der Waals surface area contributed by atoms with Crippen LogP contribution < -0.4 is 10.6 Å². The van der Waals surface area contributed by atoms with E-state index in [1.807, 2.05) is 0 Å². The standard InChI is InChI=1S/C7H12N4OS/c8-3-6-4-12-2-1-11(6)7-9-5-10-13-7/h5-6H,1-4,8H2. The third kappa shape index (κ3) is 1.79. The van der Waals surface area contributed by atoms with Gasteiger partial charge in [0, 0.05) is 24.6 Å². The number of rotatable bonds is 2. The fraction of sp³-hybridized carbons (Fsp3) is 0.714. The van der Waals surface area contributed by atoms with Gasteiger partial charge in [-0.1, -0.05) is 0 Å². The van der Waals surface area contributed by atoms with Crippen molar-refractivity contribution in [3.05, 3.63) is 6.33 Å². The third-order valence-electron chi connectivity index (χ3n) is 2.09. The van der Waals surface area contributed by atoms with E-state index >= 15 is 0 Å². The fourth-order valence-electron chi connectivity index (χ4n) is 1.40. The van der Waals surface area contributed by atoms with Gasteiger partial charge in [-0.25, -0.2) is 4.98 Å². The van der Waals surface area contributed by atoms with Crippen LogP contribution in [0.25, 0.3) is 0 Å². The van der Waals surface area contributed by atoms with E-state index in [1.165, 1.54) is 11.5 Å². The van der Waals surface area contributed by atoms with E-state index in [1.54, 1.807) is 6.33 Å². The van der Waals surface area contributed by atoms with Crippen LogP contribution in [0.3, 0.4) is 0 Å². The van der Waals surface area contributed by atoms with E-state index in [9.17, 15) is 0 Å². The second-order valence-electron chi connectivity index (χ2n) is 2.88. The van der Waals surface area contributed by atoms with Crippen molar-refractivity contribution in [3.63, 3.8) is 0 Å². The van der Waals surface area contributed by atoms with Gasteiger partial charge < -0.3 is 15.4 Å². The molecule has 72 valence electrons. The van der Waals surface area contributed by atoms with Gasteiger partial charge in [0.25, 0.3) is 0 Å². The van der Waals surface area contributed by atoms with Crippen LogP contribution in [0.5, 0.6) is 0 Å². The summed E-state index contributed by atoms with van der Waals surface area (Å²) in [5.41, 5.74) is 5.63. The van der Waals surface area contributed by atoms with Crippen LogP contribution in [0.2, 0.25) is 0 Å². The smallest absolute Gasteiger partial charge is 0.205 e. The molecule has 0 saturated carbocycles. The van der Waals surface area contributed by atoms with Gasteiger partial charge in [0.2, 0.25) is 5.13 Å². The Morgan fingerprint density at radius 2 is 2.69 bits per heavy atom. The lowest BCUT2D eigenvalue weighted by Crippen LogP contribution is -2.49. The highest BCUT2D eigenvalue weighted by Crippen LogP contribution is 2.19. The molecule has 1 aromatic heterocycles. The zero-order valence-corrected chi connectivity index (χ0v) is 8.04. The summed E-state index contributed by atoms with van der Waals surface area (Å²) in [6, 6.07) is 0.252. The van der Waals surface area contributed by atoms with E-state index in [2.05, 4.69) is 14.3 Å². The first-order valence-electron chi connectivity index (χ1n) is 4.23. The third-order valence-corrected chi connectivity index (χ3v) is 2.80. The number of nitrogens with two attached hydrogens (primary N) is 1. The second kappa shape index (κ2) is 3.99. The number of hydrogen-bond acceptors (Lipinski definition) is 6. The Morgan fingerprint density at radius 3 is 3.38 bits per heavy atom. The molecular weight excluding hydrogens is 188 g/mol. The molecule has 0 aromatic carbocycles. The molecule has 0 spiro atoms. The summed E-state index contributed by atoms with van der Waals surface area (Å²) in [5, 5.41) is 0.943. The van der Waals surface area contributed by atoms with Crippen molar-refractivity contribution < 1.29 is 4.74 Å². The number of aromatic nitrogens is 2. The SMILES string of the molecule is NCC1COCCN1c1ncns1. The number of ether oxygens (including phenoxy) is 1. The molecular formula is C7H12N4OS. The highest BCUT2D eigenvalue weighted by Gasteiger charge is 2.23. The second-order valence-corrected chi connectivity index (χ2v) is 3.64. The lowest BCUT2D eigenvalue weighted by Gasteiger charge is -2.34. The Morgan fingerprint density at radius 1 is 1.77 bits per heavy atom. The molecule has 1 saturated heterocycles. The van der Waals surface area contributed by atoms with E-state index in [0.717, 1.165) is 18.3 Å². The normalized spacial score (nSPS) is 23.5. The molecule has 1 fully saturated rings. The van der Waals surface area contributed by atoms with Gasteiger partial charge in [0.05, 0.1) is 19.3 Å². The summed E-state index contributed by atoms with van der Waals surface area (Å²) < 4.78 is 9.31. The van der Waals surface area contributed by atoms with Crippen LogP contribution >= 0.6 is 11.5 Å². The van der Waals surface area contributed by atoms with Crippen molar-refractivity contribution in [3.8, 4) is 0 Å². The maximum absolute atomic E-state index is 5.63. The van der Waals surface area contributed by atoms with Gasteiger partial charge in [0.1, 0.15) is 6.33 Å². The molecule has 1 unspecified atom stereocenters. The predicted octanol–water partition coefficient (Wildman–Crippen LogP) is -0.298. The van der Waals surface area contributed by atoms with Crippen LogP contribution in [0.1, 0.15) is 0 Å². The molecule has 13 heavy (non-hydrogen) atoms. The van der Waals surface area contributed by atoms with Gasteiger partial charge in [-0.2, -0.15) is 4.37 Å². The van der Waals surface area contributed by atoms with Crippen molar-refractivity contribution in [2.75, 3.05) is 31.2 Å². The highest BCUT2D eigenvalue weighted by atomic mass is 32.1. The molecule has 6 heteroatoms. The minimum absolute atomic E-state index is 0.252. The Kier molecular flexibility index (Phi) is 2.72. The van der Waals surface area contributed by atoms with Crippen LogP contribution in [-0.4, -0.2) is 41.7 Å². The molecule has 1 aliphatic rings. The van der Waals surface area contributed by atoms with Gasteiger partial charge in [-0.15, -0.1) is 0 Å². The summed E-state index contributed by atoms with van der Waals surface area (Å²) >= 11 is 1.40. The summed E-state index contributed by atoms with van der Waals surface area (Å²) in [4.78, 5) is 6.33. The maximum atomic E-state index is 5.63. The first-order chi connectivity index (χ1) is 6.42. The average molecular weight is 200 g/mol. The first kappa shape index (κ1) is 8.86. The van der Waals surface area contributed by atoms with E-state index in [0.29, 0.717) is 13.2 Å². The molecule has 5 nitrogen and oxygen atoms in total. The molecule has 2 rings (SSSR count). The summed E-state index contributed by atoms with van der Waals surface area (Å²) in [5.74, 6) is 0. The number of anilines is 1. The Hall–Kier alpha value is -0.720. The van der Waals surface area contributed by atoms with Gasteiger partial charge in [0.15, 0.2) is 0 Å². The van der Waals surface area contributed by atoms with Crippen LogP contribution in [0, 0.1) is 0 Å². The van der Waals surface area contributed by atoms with Crippen molar-refractivity contribution in [2.24, 2.45) is 5.73 Å². The minimum atomic E-state index is 0.252. The average Bonchev–Trinajstić information content (AvgIpc) is 2.70. The molecule has 0 aliphatic carbocycles. The number of hydrogen-bond donors (Lipinski definition) is 1. The maximum Gasteiger partial charge on any atom is 0.205 e. The zero-order valence-electron chi connectivity index (χ0n) is 7.22. The lowest BCUT2D eigenvalue weighted by atomic mass is 10.2. The molecule has 0 bridgehead atoms. The summed E-state index contributed by atoms with van der Waals surface area (Å²) in [6.45, 7) is 2.89.